The van der Waals surface area contributed by atoms with Gasteiger partial charge in [0, 0.05) is 10.6 Å². The Morgan fingerprint density at radius 2 is 2.07 bits per heavy atom. The quantitative estimate of drug-likeness (QED) is 0.487. The molecule has 0 atom stereocenters. The van der Waals surface area contributed by atoms with Gasteiger partial charge in [0.2, 0.25) is 5.91 Å². The van der Waals surface area contributed by atoms with E-state index in [-0.39, 0.29) is 12.3 Å². The summed E-state index contributed by atoms with van der Waals surface area (Å²) >= 11 is 9.63. The first-order valence-electron chi connectivity index (χ1n) is 8.71. The lowest BCUT2D eigenvalue weighted by molar-refractivity contribution is -0.159. The standard InChI is InChI=1S/C20H20BrClN2O4/c1-20(27-8-9-28-20)11-19(25)24-23-12-14-6-7-18(16(21)10-14)26-13-15-4-2-3-5-17(15)22/h2-7,10,12H,8-9,11,13H2,1H3,(H,24,25)/b23-12-. The number of nitrogens with one attached hydrogen (secondary N) is 1. The van der Waals surface area contributed by atoms with Crippen molar-refractivity contribution in [2.24, 2.45) is 5.10 Å². The maximum absolute atomic E-state index is 11.9. The van der Waals surface area contributed by atoms with Crippen LogP contribution in [-0.4, -0.2) is 31.1 Å². The molecule has 0 spiro atoms. The molecular formula is C20H20BrClN2O4. The number of ether oxygens (including phenoxy) is 3. The van der Waals surface area contributed by atoms with Gasteiger partial charge in [-0.2, -0.15) is 5.10 Å². The number of rotatable bonds is 7. The molecule has 0 radical (unpaired) electrons. The van der Waals surface area contributed by atoms with Gasteiger partial charge in [0.25, 0.3) is 0 Å². The van der Waals surface area contributed by atoms with E-state index < -0.39 is 5.79 Å². The summed E-state index contributed by atoms with van der Waals surface area (Å²) in [4.78, 5) is 11.9. The average molecular weight is 468 g/mol. The first-order chi connectivity index (χ1) is 13.5. The molecule has 8 heteroatoms. The lowest BCUT2D eigenvalue weighted by Gasteiger charge is -2.20. The average Bonchev–Trinajstić information content (AvgIpc) is 3.08. The Balaban J connectivity index is 1.52. The highest BCUT2D eigenvalue weighted by Gasteiger charge is 2.33. The Labute approximate surface area is 176 Å². The fraction of sp³-hybridized carbons (Fsp3) is 0.300. The third-order valence-electron chi connectivity index (χ3n) is 4.08. The molecule has 2 aromatic carbocycles. The van der Waals surface area contributed by atoms with Gasteiger partial charge in [0.05, 0.1) is 30.3 Å². The summed E-state index contributed by atoms with van der Waals surface area (Å²) in [7, 11) is 0. The zero-order valence-corrected chi connectivity index (χ0v) is 17.6. The number of nitrogens with zero attached hydrogens (tertiary/aromatic N) is 1. The predicted octanol–water partition coefficient (Wildman–Crippen LogP) is 4.28. The Morgan fingerprint density at radius 3 is 2.79 bits per heavy atom. The fourth-order valence-corrected chi connectivity index (χ4v) is 3.36. The monoisotopic (exact) mass is 466 g/mol. The molecule has 148 valence electrons. The van der Waals surface area contributed by atoms with Crippen molar-refractivity contribution in [1.29, 1.82) is 0 Å². The molecule has 28 heavy (non-hydrogen) atoms. The normalized spacial score (nSPS) is 15.7. The largest absolute Gasteiger partial charge is 0.488 e. The van der Waals surface area contributed by atoms with Crippen molar-refractivity contribution in [3.8, 4) is 5.75 Å². The van der Waals surface area contributed by atoms with Crippen molar-refractivity contribution in [1.82, 2.24) is 5.43 Å². The summed E-state index contributed by atoms with van der Waals surface area (Å²) in [5.41, 5.74) is 4.19. The topological polar surface area (TPSA) is 69.2 Å². The van der Waals surface area contributed by atoms with E-state index in [1.807, 2.05) is 42.5 Å². The number of hydrogen-bond donors (Lipinski definition) is 1. The summed E-state index contributed by atoms with van der Waals surface area (Å²) in [5, 5.41) is 4.64. The molecule has 1 saturated heterocycles. The predicted molar refractivity (Wildman–Crippen MR) is 111 cm³/mol. The van der Waals surface area contributed by atoms with Crippen molar-refractivity contribution in [2.75, 3.05) is 13.2 Å². The summed E-state index contributed by atoms with van der Waals surface area (Å²) in [6, 6.07) is 13.1. The molecule has 0 aromatic heterocycles. The van der Waals surface area contributed by atoms with Crippen molar-refractivity contribution >= 4 is 39.7 Å². The first-order valence-corrected chi connectivity index (χ1v) is 9.88. The highest BCUT2D eigenvalue weighted by molar-refractivity contribution is 9.10. The van der Waals surface area contributed by atoms with E-state index in [0.717, 1.165) is 15.6 Å². The van der Waals surface area contributed by atoms with Crippen LogP contribution in [0.2, 0.25) is 5.02 Å². The van der Waals surface area contributed by atoms with Gasteiger partial charge < -0.3 is 14.2 Å². The zero-order valence-electron chi connectivity index (χ0n) is 15.3. The van der Waals surface area contributed by atoms with E-state index in [4.69, 9.17) is 25.8 Å². The van der Waals surface area contributed by atoms with E-state index in [1.165, 1.54) is 0 Å². The van der Waals surface area contributed by atoms with Gasteiger partial charge >= 0.3 is 0 Å². The van der Waals surface area contributed by atoms with Crippen molar-refractivity contribution < 1.29 is 19.0 Å². The number of carbonyl (C=O) groups excluding carboxylic acids is 1. The molecule has 3 rings (SSSR count). The molecule has 1 heterocycles. The second-order valence-electron chi connectivity index (χ2n) is 6.37. The van der Waals surface area contributed by atoms with Gasteiger partial charge in [0.1, 0.15) is 12.4 Å². The Hall–Kier alpha value is -1.93. The van der Waals surface area contributed by atoms with Crippen LogP contribution >= 0.6 is 27.5 Å². The van der Waals surface area contributed by atoms with Crippen LogP contribution in [0.25, 0.3) is 0 Å². The second-order valence-corrected chi connectivity index (χ2v) is 7.63. The van der Waals surface area contributed by atoms with Crippen molar-refractivity contribution in [3.05, 3.63) is 63.1 Å². The lowest BCUT2D eigenvalue weighted by atomic mass is 10.2. The van der Waals surface area contributed by atoms with E-state index in [9.17, 15) is 4.79 Å². The maximum atomic E-state index is 11.9. The molecule has 1 amide bonds. The molecule has 1 N–H and O–H groups in total. The summed E-state index contributed by atoms with van der Waals surface area (Å²) < 4.78 is 17.4. The van der Waals surface area contributed by atoms with E-state index in [1.54, 1.807) is 13.1 Å². The zero-order chi connectivity index (χ0) is 20.0. The number of amides is 1. The highest BCUT2D eigenvalue weighted by Crippen LogP contribution is 2.27. The number of benzene rings is 2. The van der Waals surface area contributed by atoms with Gasteiger partial charge in [-0.05, 0) is 52.7 Å². The molecule has 1 aliphatic rings. The summed E-state index contributed by atoms with van der Waals surface area (Å²) in [5.74, 6) is -0.465. The molecule has 0 bridgehead atoms. The molecule has 0 aliphatic carbocycles. The van der Waals surface area contributed by atoms with Gasteiger partial charge in [-0.15, -0.1) is 0 Å². The molecule has 1 fully saturated rings. The number of hydrogen-bond acceptors (Lipinski definition) is 5. The van der Waals surface area contributed by atoms with Crippen molar-refractivity contribution in [3.63, 3.8) is 0 Å². The molecule has 0 unspecified atom stereocenters. The van der Waals surface area contributed by atoms with Gasteiger partial charge in [-0.25, -0.2) is 5.43 Å². The Morgan fingerprint density at radius 1 is 1.32 bits per heavy atom. The van der Waals surface area contributed by atoms with Gasteiger partial charge in [-0.3, -0.25) is 4.79 Å². The third kappa shape index (κ3) is 5.78. The van der Waals surface area contributed by atoms with Crippen LogP contribution in [0.1, 0.15) is 24.5 Å². The van der Waals surface area contributed by atoms with Crippen LogP contribution in [-0.2, 0) is 20.9 Å². The minimum atomic E-state index is -0.872. The summed E-state index contributed by atoms with van der Waals surface area (Å²) in [6.45, 7) is 3.09. The summed E-state index contributed by atoms with van der Waals surface area (Å²) in [6.07, 6.45) is 1.64. The molecular weight excluding hydrogens is 448 g/mol. The van der Waals surface area contributed by atoms with Crippen LogP contribution in [0.3, 0.4) is 0 Å². The number of carbonyl (C=O) groups is 1. The third-order valence-corrected chi connectivity index (χ3v) is 5.07. The van der Waals surface area contributed by atoms with E-state index >= 15 is 0 Å². The van der Waals surface area contributed by atoms with Gasteiger partial charge in [0.15, 0.2) is 5.79 Å². The molecule has 1 aliphatic heterocycles. The van der Waals surface area contributed by atoms with Crippen LogP contribution in [0.5, 0.6) is 5.75 Å². The lowest BCUT2D eigenvalue weighted by Crippen LogP contribution is -2.33. The highest BCUT2D eigenvalue weighted by atomic mass is 79.9. The molecule has 6 nitrogen and oxygen atoms in total. The number of halogens is 2. The maximum Gasteiger partial charge on any atom is 0.245 e. The molecule has 0 saturated carbocycles. The van der Waals surface area contributed by atoms with Gasteiger partial charge in [-0.1, -0.05) is 29.8 Å². The van der Waals surface area contributed by atoms with Crippen LogP contribution in [0.15, 0.2) is 52.0 Å². The smallest absolute Gasteiger partial charge is 0.245 e. The fourth-order valence-electron chi connectivity index (χ4n) is 2.65. The van der Waals surface area contributed by atoms with Crippen LogP contribution < -0.4 is 10.2 Å². The van der Waals surface area contributed by atoms with Crippen LogP contribution in [0, 0.1) is 0 Å². The Kier molecular flexibility index (Phi) is 7.07. The number of hydrazone groups is 1. The van der Waals surface area contributed by atoms with E-state index in [2.05, 4.69) is 26.5 Å². The first kappa shape index (κ1) is 20.8. The second kappa shape index (κ2) is 9.52. The minimum Gasteiger partial charge on any atom is -0.488 e. The minimum absolute atomic E-state index is 0.0862. The molecule has 2 aromatic rings. The van der Waals surface area contributed by atoms with E-state index in [0.29, 0.717) is 30.6 Å². The Bertz CT molecular complexity index is 869. The SMILES string of the molecule is CC1(CC(=O)N/N=C\c2ccc(OCc3ccccc3Cl)c(Br)c2)OCCO1. The van der Waals surface area contributed by atoms with Crippen LogP contribution in [0.4, 0.5) is 0 Å². The van der Waals surface area contributed by atoms with Crippen molar-refractivity contribution in [2.45, 2.75) is 25.7 Å².